The fourth-order valence-corrected chi connectivity index (χ4v) is 5.15. The van der Waals surface area contributed by atoms with Gasteiger partial charge in [-0.3, -0.25) is 19.3 Å². The summed E-state index contributed by atoms with van der Waals surface area (Å²) in [7, 11) is -1.26. The van der Waals surface area contributed by atoms with Crippen molar-refractivity contribution in [3.63, 3.8) is 0 Å². The van der Waals surface area contributed by atoms with Gasteiger partial charge >= 0.3 is 0 Å². The Balaban J connectivity index is 1.40. The van der Waals surface area contributed by atoms with Gasteiger partial charge in [-0.05, 0) is 36.2 Å². The number of imide groups is 1. The molecule has 3 aliphatic rings. The van der Waals surface area contributed by atoms with Crippen molar-refractivity contribution < 1.29 is 28.6 Å². The number of ether oxygens (including phenoxy) is 3. The Kier molecular flexibility index (Phi) is 6.92. The number of carbonyl (C=O) groups excluding carboxylic acids is 3. The second kappa shape index (κ2) is 9.56. The van der Waals surface area contributed by atoms with Crippen molar-refractivity contribution in [3.8, 4) is 5.75 Å². The number of hydrogen-bond acceptors (Lipinski definition) is 6. The molecule has 180 valence electrons. The van der Waals surface area contributed by atoms with Crippen molar-refractivity contribution in [2.24, 2.45) is 5.92 Å². The summed E-state index contributed by atoms with van der Waals surface area (Å²) < 4.78 is 17.2. The maximum Gasteiger partial charge on any atom is 0.255 e. The number of piperidine rings is 1. The number of hydrogen-bond donors (Lipinski definition) is 0. The Bertz CT molecular complexity index is 930. The molecule has 0 spiro atoms. The maximum absolute atomic E-state index is 13.1. The summed E-state index contributed by atoms with van der Waals surface area (Å²) in [5.41, 5.74) is 1.42. The van der Waals surface area contributed by atoms with Crippen LogP contribution in [0.15, 0.2) is 18.2 Å². The molecule has 0 N–H and O–H groups in total. The molecule has 0 aliphatic carbocycles. The van der Waals surface area contributed by atoms with Crippen LogP contribution in [0.5, 0.6) is 5.75 Å². The fraction of sp³-hybridized carbons (Fsp3) is 0.625. The predicted octanol–water partition coefficient (Wildman–Crippen LogP) is 2.89. The van der Waals surface area contributed by atoms with Crippen molar-refractivity contribution in [3.05, 3.63) is 29.3 Å². The molecule has 9 heteroatoms. The highest BCUT2D eigenvalue weighted by molar-refractivity contribution is 6.76. The highest BCUT2D eigenvalue weighted by atomic mass is 28.3. The van der Waals surface area contributed by atoms with Crippen LogP contribution < -0.4 is 4.74 Å². The first-order valence-corrected chi connectivity index (χ1v) is 15.4. The summed E-state index contributed by atoms with van der Waals surface area (Å²) in [5, 5.41) is 0. The quantitative estimate of drug-likeness (QED) is 0.327. The van der Waals surface area contributed by atoms with E-state index in [1.807, 2.05) is 6.07 Å². The van der Waals surface area contributed by atoms with Crippen molar-refractivity contribution in [2.75, 3.05) is 26.6 Å². The second-order valence-electron chi connectivity index (χ2n) is 10.5. The van der Waals surface area contributed by atoms with Crippen LogP contribution in [0.25, 0.3) is 0 Å². The smallest absolute Gasteiger partial charge is 0.255 e. The van der Waals surface area contributed by atoms with Gasteiger partial charge in [0, 0.05) is 39.1 Å². The van der Waals surface area contributed by atoms with E-state index in [4.69, 9.17) is 14.2 Å². The van der Waals surface area contributed by atoms with Gasteiger partial charge in [-0.15, -0.1) is 0 Å². The van der Waals surface area contributed by atoms with Crippen molar-refractivity contribution in [1.29, 1.82) is 0 Å². The lowest BCUT2D eigenvalue weighted by atomic mass is 10.0. The van der Waals surface area contributed by atoms with E-state index in [9.17, 15) is 14.4 Å². The van der Waals surface area contributed by atoms with Crippen molar-refractivity contribution in [2.45, 2.75) is 64.1 Å². The molecule has 2 fully saturated rings. The van der Waals surface area contributed by atoms with Crippen molar-refractivity contribution >= 4 is 25.8 Å². The standard InChI is InChI=1S/C24H34N2O6Si/c1-16-13-31-14-21(16)32-18-5-6-19-17(11-18)12-25(23(19)28)20-7-8-22(27)26(24(20)29)15-30-9-10-33(2,3)4/h5-6,11,16,20-21H,7-10,12-15H2,1-4H3/t16-,20?,21-/m0/s1. The average molecular weight is 475 g/mol. The van der Waals surface area contributed by atoms with Crippen LogP contribution in [0.1, 0.15) is 35.7 Å². The average Bonchev–Trinajstić information content (AvgIpc) is 3.29. The topological polar surface area (TPSA) is 85.4 Å². The molecule has 4 rings (SSSR count). The van der Waals surface area contributed by atoms with Crippen LogP contribution in [0.2, 0.25) is 25.7 Å². The van der Waals surface area contributed by atoms with Crippen LogP contribution in [-0.4, -0.2) is 74.3 Å². The number of carbonyl (C=O) groups is 3. The van der Waals surface area contributed by atoms with Gasteiger partial charge in [0.15, 0.2) is 0 Å². The largest absolute Gasteiger partial charge is 0.488 e. The zero-order valence-electron chi connectivity index (χ0n) is 20.0. The van der Waals surface area contributed by atoms with Crippen LogP contribution in [-0.2, 0) is 25.6 Å². The molecule has 0 radical (unpaired) electrons. The maximum atomic E-state index is 13.1. The Hall–Kier alpha value is -2.23. The van der Waals surface area contributed by atoms with Crippen molar-refractivity contribution in [1.82, 2.24) is 9.80 Å². The third kappa shape index (κ3) is 5.31. The normalized spacial score (nSPS) is 25.7. The molecule has 3 aliphatic heterocycles. The minimum atomic E-state index is -1.26. The molecule has 3 heterocycles. The molecule has 3 amide bonds. The third-order valence-corrected chi connectivity index (χ3v) is 8.27. The number of amides is 3. The zero-order chi connectivity index (χ0) is 23.8. The summed E-state index contributed by atoms with van der Waals surface area (Å²) in [6, 6.07) is 5.76. The lowest BCUT2D eigenvalue weighted by Crippen LogP contribution is -2.55. The Morgan fingerprint density at radius 1 is 1.15 bits per heavy atom. The van der Waals surface area contributed by atoms with E-state index in [0.29, 0.717) is 50.0 Å². The molecule has 3 atom stereocenters. The summed E-state index contributed by atoms with van der Waals surface area (Å²) >= 11 is 0. The molecular weight excluding hydrogens is 440 g/mol. The number of nitrogens with zero attached hydrogens (tertiary/aromatic N) is 2. The molecule has 33 heavy (non-hydrogen) atoms. The van der Waals surface area contributed by atoms with E-state index < -0.39 is 14.1 Å². The molecule has 1 aromatic rings. The SMILES string of the molecule is C[C@H]1COC[C@@H]1Oc1ccc2c(c1)CN(C1CCC(=O)N(COCC[Si](C)(C)C)C1=O)C2=O. The van der Waals surface area contributed by atoms with Gasteiger partial charge in [-0.1, -0.05) is 26.6 Å². The Morgan fingerprint density at radius 3 is 2.64 bits per heavy atom. The van der Waals surface area contributed by atoms with Crippen LogP contribution in [0.3, 0.4) is 0 Å². The number of likely N-dealkylation sites (tertiary alicyclic amines) is 1. The lowest BCUT2D eigenvalue weighted by Gasteiger charge is -2.35. The summed E-state index contributed by atoms with van der Waals surface area (Å²) in [5.74, 6) is 0.244. The minimum absolute atomic E-state index is 0.00306. The molecule has 0 aromatic heterocycles. The first-order valence-electron chi connectivity index (χ1n) is 11.7. The van der Waals surface area contributed by atoms with Gasteiger partial charge in [-0.25, -0.2) is 0 Å². The van der Waals surface area contributed by atoms with Crippen LogP contribution in [0.4, 0.5) is 0 Å². The van der Waals surface area contributed by atoms with Gasteiger partial charge in [0.1, 0.15) is 24.6 Å². The summed E-state index contributed by atoms with van der Waals surface area (Å²) in [6.07, 6.45) is 0.557. The zero-order valence-corrected chi connectivity index (χ0v) is 21.0. The molecule has 8 nitrogen and oxygen atoms in total. The highest BCUT2D eigenvalue weighted by Gasteiger charge is 2.43. The number of benzene rings is 1. The molecule has 1 aromatic carbocycles. The fourth-order valence-electron chi connectivity index (χ4n) is 4.39. The van der Waals surface area contributed by atoms with E-state index in [2.05, 4.69) is 26.6 Å². The molecule has 0 bridgehead atoms. The molecular formula is C24H34N2O6Si. The van der Waals surface area contributed by atoms with E-state index in [0.717, 1.165) is 11.6 Å². The highest BCUT2D eigenvalue weighted by Crippen LogP contribution is 2.32. The third-order valence-electron chi connectivity index (χ3n) is 6.57. The van der Waals surface area contributed by atoms with E-state index in [-0.39, 0.29) is 37.0 Å². The first-order chi connectivity index (χ1) is 15.6. The number of rotatable bonds is 8. The molecule has 1 unspecified atom stereocenters. The lowest BCUT2D eigenvalue weighted by molar-refractivity contribution is -0.158. The van der Waals surface area contributed by atoms with Crippen LogP contribution in [0, 0.1) is 5.92 Å². The second-order valence-corrected chi connectivity index (χ2v) is 16.1. The molecule has 2 saturated heterocycles. The number of fused-ring (bicyclic) bond motifs is 1. The van der Waals surface area contributed by atoms with Gasteiger partial charge in [0.05, 0.1) is 13.2 Å². The Labute approximate surface area is 196 Å². The van der Waals surface area contributed by atoms with Gasteiger partial charge < -0.3 is 19.1 Å². The predicted molar refractivity (Wildman–Crippen MR) is 125 cm³/mol. The monoisotopic (exact) mass is 474 g/mol. The van der Waals surface area contributed by atoms with E-state index in [1.54, 1.807) is 17.0 Å². The van der Waals surface area contributed by atoms with E-state index >= 15 is 0 Å². The minimum Gasteiger partial charge on any atom is -0.488 e. The van der Waals surface area contributed by atoms with E-state index in [1.165, 1.54) is 4.90 Å². The first kappa shape index (κ1) is 23.9. The summed E-state index contributed by atoms with van der Waals surface area (Å²) in [4.78, 5) is 41.4. The van der Waals surface area contributed by atoms with Gasteiger partial charge in [-0.2, -0.15) is 0 Å². The Morgan fingerprint density at radius 2 is 1.94 bits per heavy atom. The molecule has 0 saturated carbocycles. The summed E-state index contributed by atoms with van der Waals surface area (Å²) in [6.45, 7) is 10.9. The van der Waals surface area contributed by atoms with Gasteiger partial charge in [0.25, 0.3) is 11.8 Å². The van der Waals surface area contributed by atoms with Gasteiger partial charge in [0.2, 0.25) is 5.91 Å². The van der Waals surface area contributed by atoms with Crippen LogP contribution >= 0.6 is 0 Å².